The van der Waals surface area contributed by atoms with Crippen LogP contribution in [0.15, 0.2) is 54.6 Å². The number of aliphatic carboxylic acids is 1. The first-order valence-corrected chi connectivity index (χ1v) is 7.32. The van der Waals surface area contributed by atoms with Crippen molar-refractivity contribution < 1.29 is 23.1 Å². The molecule has 0 bridgehead atoms. The van der Waals surface area contributed by atoms with Crippen LogP contribution in [0, 0.1) is 0 Å². The van der Waals surface area contributed by atoms with Gasteiger partial charge in [0.25, 0.3) is 0 Å². The van der Waals surface area contributed by atoms with E-state index in [1.807, 2.05) is 0 Å². The summed E-state index contributed by atoms with van der Waals surface area (Å²) in [6, 6.07) is 15.2. The van der Waals surface area contributed by atoms with Crippen molar-refractivity contribution in [2.75, 3.05) is 0 Å². The molecular weight excluding hydrogens is 319 g/mol. The van der Waals surface area contributed by atoms with Gasteiger partial charge in [-0.2, -0.15) is 13.2 Å². The fraction of sp³-hybridized carbons (Fsp3) is 0.167. The van der Waals surface area contributed by atoms with Gasteiger partial charge in [0.15, 0.2) is 0 Å². The predicted octanol–water partition coefficient (Wildman–Crippen LogP) is 4.96. The number of aromatic amines is 1. The van der Waals surface area contributed by atoms with Gasteiger partial charge >= 0.3 is 12.1 Å². The summed E-state index contributed by atoms with van der Waals surface area (Å²) in [5.74, 6) is -3.57. The molecule has 2 aromatic carbocycles. The van der Waals surface area contributed by atoms with Crippen LogP contribution >= 0.6 is 0 Å². The minimum atomic E-state index is -4.66. The van der Waals surface area contributed by atoms with Crippen molar-refractivity contribution in [1.29, 1.82) is 0 Å². The topological polar surface area (TPSA) is 53.1 Å². The summed E-state index contributed by atoms with van der Waals surface area (Å²) in [6.45, 7) is 0. The zero-order valence-corrected chi connectivity index (χ0v) is 12.5. The van der Waals surface area contributed by atoms with E-state index in [9.17, 15) is 18.0 Å². The fourth-order valence-corrected chi connectivity index (χ4v) is 2.91. The van der Waals surface area contributed by atoms with Gasteiger partial charge in [0.1, 0.15) is 0 Å². The maximum absolute atomic E-state index is 13.6. The third-order valence-electron chi connectivity index (χ3n) is 3.93. The Morgan fingerprint density at radius 1 is 1.04 bits per heavy atom. The lowest BCUT2D eigenvalue weighted by atomic mass is 9.90. The van der Waals surface area contributed by atoms with Crippen molar-refractivity contribution >= 4 is 16.9 Å². The highest BCUT2D eigenvalue weighted by Crippen LogP contribution is 2.45. The Labute approximate surface area is 135 Å². The lowest BCUT2D eigenvalue weighted by Crippen LogP contribution is -2.24. The van der Waals surface area contributed by atoms with Crippen LogP contribution in [-0.2, 0) is 4.79 Å². The van der Waals surface area contributed by atoms with Gasteiger partial charge in [-0.3, -0.25) is 4.79 Å². The number of carboxylic acids is 1. The van der Waals surface area contributed by atoms with Crippen LogP contribution in [-0.4, -0.2) is 22.2 Å². The summed E-state index contributed by atoms with van der Waals surface area (Å²) >= 11 is 0. The summed E-state index contributed by atoms with van der Waals surface area (Å²) in [6.07, 6.45) is -5.67. The first-order valence-electron chi connectivity index (χ1n) is 7.32. The van der Waals surface area contributed by atoms with E-state index in [-0.39, 0.29) is 5.56 Å². The highest BCUT2D eigenvalue weighted by molar-refractivity contribution is 5.92. The van der Waals surface area contributed by atoms with Gasteiger partial charge in [-0.25, -0.2) is 0 Å². The summed E-state index contributed by atoms with van der Waals surface area (Å²) in [5, 5.41) is 9.36. The number of fused-ring (bicyclic) bond motifs is 1. The maximum Gasteiger partial charge on any atom is 0.396 e. The number of halogens is 3. The molecule has 124 valence electrons. The van der Waals surface area contributed by atoms with E-state index in [1.54, 1.807) is 54.6 Å². The van der Waals surface area contributed by atoms with Crippen LogP contribution in [0.5, 0.6) is 0 Å². The number of hydrogen-bond donors (Lipinski definition) is 2. The second-order valence-electron chi connectivity index (χ2n) is 5.52. The van der Waals surface area contributed by atoms with E-state index in [4.69, 9.17) is 5.11 Å². The number of hydrogen-bond acceptors (Lipinski definition) is 1. The Hall–Kier alpha value is -2.76. The van der Waals surface area contributed by atoms with Crippen LogP contribution < -0.4 is 0 Å². The highest BCUT2D eigenvalue weighted by Gasteiger charge is 2.44. The van der Waals surface area contributed by atoms with Gasteiger partial charge in [-0.15, -0.1) is 0 Å². The largest absolute Gasteiger partial charge is 0.481 e. The molecule has 0 amide bonds. The molecule has 0 spiro atoms. The average molecular weight is 333 g/mol. The molecule has 24 heavy (non-hydrogen) atoms. The highest BCUT2D eigenvalue weighted by atomic mass is 19.4. The van der Waals surface area contributed by atoms with Crippen LogP contribution in [0.4, 0.5) is 13.2 Å². The third-order valence-corrected chi connectivity index (χ3v) is 3.93. The minimum Gasteiger partial charge on any atom is -0.481 e. The van der Waals surface area contributed by atoms with Crippen molar-refractivity contribution in [1.82, 2.24) is 4.98 Å². The molecule has 2 N–H and O–H groups in total. The van der Waals surface area contributed by atoms with Crippen molar-refractivity contribution in [2.45, 2.75) is 18.5 Å². The summed E-state index contributed by atoms with van der Waals surface area (Å²) in [5.41, 5.74) is 1.42. The molecule has 0 aliphatic heterocycles. The van der Waals surface area contributed by atoms with Crippen LogP contribution in [0.2, 0.25) is 0 Å². The normalized spacial score (nSPS) is 13.1. The van der Waals surface area contributed by atoms with Crippen LogP contribution in [0.25, 0.3) is 22.2 Å². The first-order chi connectivity index (χ1) is 11.4. The van der Waals surface area contributed by atoms with Crippen molar-refractivity contribution in [3.05, 3.63) is 60.2 Å². The molecular formula is C18H14F3NO2. The SMILES string of the molecule is O=C(O)C[C@H](c1c(-c2ccccc2)[nH]c2ccccc12)C(F)(F)F. The average Bonchev–Trinajstić information content (AvgIpc) is 2.91. The van der Waals surface area contributed by atoms with E-state index in [0.29, 0.717) is 22.2 Å². The molecule has 3 aromatic rings. The third kappa shape index (κ3) is 2.99. The smallest absolute Gasteiger partial charge is 0.396 e. The monoisotopic (exact) mass is 333 g/mol. The van der Waals surface area contributed by atoms with Gasteiger partial charge in [-0.1, -0.05) is 48.5 Å². The standard InChI is InChI=1S/C18H14F3NO2/c19-18(20,21)13(10-15(23)24)16-12-8-4-5-9-14(12)22-17(16)11-6-2-1-3-7-11/h1-9,13,22H,10H2,(H,23,24)/t13-/m1/s1. The van der Waals surface area contributed by atoms with Crippen LogP contribution in [0.1, 0.15) is 17.9 Å². The summed E-state index contributed by atoms with van der Waals surface area (Å²) in [4.78, 5) is 14.0. The summed E-state index contributed by atoms with van der Waals surface area (Å²) in [7, 11) is 0. The molecule has 3 rings (SSSR count). The zero-order valence-electron chi connectivity index (χ0n) is 12.5. The van der Waals surface area contributed by atoms with Gasteiger partial charge in [0, 0.05) is 10.9 Å². The van der Waals surface area contributed by atoms with E-state index < -0.39 is 24.5 Å². The fourth-order valence-electron chi connectivity index (χ4n) is 2.91. The molecule has 3 nitrogen and oxygen atoms in total. The molecule has 1 atom stereocenters. The zero-order chi connectivity index (χ0) is 17.3. The molecule has 1 heterocycles. The molecule has 1 aromatic heterocycles. The first kappa shape index (κ1) is 16.1. The van der Waals surface area contributed by atoms with E-state index in [1.165, 1.54) is 0 Å². The maximum atomic E-state index is 13.6. The van der Waals surface area contributed by atoms with E-state index >= 15 is 0 Å². The molecule has 0 aliphatic carbocycles. The molecule has 0 radical (unpaired) electrons. The number of carboxylic acid groups (broad SMARTS) is 1. The minimum absolute atomic E-state index is 0.0216. The Balaban J connectivity index is 2.29. The Kier molecular flexibility index (Phi) is 4.05. The Bertz CT molecular complexity index is 869. The number of alkyl halides is 3. The predicted molar refractivity (Wildman–Crippen MR) is 84.8 cm³/mol. The van der Waals surface area contributed by atoms with E-state index in [0.717, 1.165) is 0 Å². The molecule has 6 heteroatoms. The number of aromatic nitrogens is 1. The van der Waals surface area contributed by atoms with Crippen LogP contribution in [0.3, 0.4) is 0 Å². The number of para-hydroxylation sites is 1. The lowest BCUT2D eigenvalue weighted by molar-refractivity contribution is -0.163. The van der Waals surface area contributed by atoms with E-state index in [2.05, 4.69) is 4.98 Å². The van der Waals surface area contributed by atoms with Crippen molar-refractivity contribution in [3.8, 4) is 11.3 Å². The van der Waals surface area contributed by atoms with Gasteiger partial charge < -0.3 is 10.1 Å². The number of benzene rings is 2. The Morgan fingerprint density at radius 3 is 2.29 bits per heavy atom. The van der Waals surface area contributed by atoms with Gasteiger partial charge in [0.2, 0.25) is 0 Å². The second kappa shape index (κ2) is 6.03. The molecule has 0 aliphatic rings. The number of rotatable bonds is 4. The van der Waals surface area contributed by atoms with Gasteiger partial charge in [-0.05, 0) is 17.2 Å². The summed E-state index contributed by atoms with van der Waals surface area (Å²) < 4.78 is 40.8. The Morgan fingerprint density at radius 2 is 1.67 bits per heavy atom. The van der Waals surface area contributed by atoms with Gasteiger partial charge in [0.05, 0.1) is 18.0 Å². The van der Waals surface area contributed by atoms with Crippen molar-refractivity contribution in [2.24, 2.45) is 0 Å². The van der Waals surface area contributed by atoms with Crippen molar-refractivity contribution in [3.63, 3.8) is 0 Å². The number of nitrogens with one attached hydrogen (secondary N) is 1. The second-order valence-corrected chi connectivity index (χ2v) is 5.52. The quantitative estimate of drug-likeness (QED) is 0.709. The molecule has 0 saturated heterocycles. The number of H-pyrrole nitrogens is 1. The lowest BCUT2D eigenvalue weighted by Gasteiger charge is -2.20. The molecule has 0 saturated carbocycles. The molecule has 0 unspecified atom stereocenters. The number of carbonyl (C=O) groups is 1. The molecule has 0 fully saturated rings.